The molecule has 72 valence electrons. The average Bonchev–Trinajstić information content (AvgIpc) is 1.89. The van der Waals surface area contributed by atoms with E-state index in [-0.39, 0.29) is 44.5 Å². The first-order valence-electron chi connectivity index (χ1n) is 2.98. The molecule has 4 N–H and O–H groups in total. The quantitative estimate of drug-likeness (QED) is 0.733. The van der Waals surface area contributed by atoms with Crippen LogP contribution >= 0.6 is 0 Å². The molecule has 0 aliphatic heterocycles. The summed E-state index contributed by atoms with van der Waals surface area (Å²) in [5.74, 6) is -1.49. The molecule has 0 aliphatic rings. The molecule has 0 fully saturated rings. The molecule has 0 saturated carbocycles. The molecule has 0 aromatic rings. The SMILES string of the molecule is CCC(=O)O.CCC(=O)O.O.[Zr]. The van der Waals surface area contributed by atoms with E-state index in [2.05, 4.69) is 0 Å². The predicted octanol–water partition coefficient (Wildman–Crippen LogP) is 0.135. The molecule has 0 saturated heterocycles. The van der Waals surface area contributed by atoms with Crippen LogP contribution in [0, 0.1) is 0 Å². The molecule has 0 rings (SSSR count). The fraction of sp³-hybridized carbons (Fsp3) is 0.667. The smallest absolute Gasteiger partial charge is 0.303 e. The first kappa shape index (κ1) is 22.6. The molecule has 0 radical (unpaired) electrons. The van der Waals surface area contributed by atoms with Gasteiger partial charge >= 0.3 is 11.9 Å². The standard InChI is InChI=1S/2C3H6O2.H2O.Zr/c2*1-2-3(4)5;;/h2*2H2,1H3,(H,4,5);1H2;. The number of carboxylic acid groups (broad SMARTS) is 2. The molecule has 0 spiro atoms. The molecular weight excluding hydrogens is 243 g/mol. The van der Waals surface area contributed by atoms with Crippen molar-refractivity contribution in [3.05, 3.63) is 0 Å². The van der Waals surface area contributed by atoms with Gasteiger partial charge in [0.25, 0.3) is 0 Å². The molecule has 0 atom stereocenters. The van der Waals surface area contributed by atoms with E-state index in [1.807, 2.05) is 0 Å². The van der Waals surface area contributed by atoms with Crippen molar-refractivity contribution in [2.24, 2.45) is 0 Å². The Morgan fingerprint density at radius 2 is 1.08 bits per heavy atom. The van der Waals surface area contributed by atoms with Crippen molar-refractivity contribution in [1.29, 1.82) is 0 Å². The Balaban J connectivity index is -0.0000000457. The van der Waals surface area contributed by atoms with Gasteiger partial charge in [-0.2, -0.15) is 0 Å². The van der Waals surface area contributed by atoms with E-state index in [0.717, 1.165) is 0 Å². The van der Waals surface area contributed by atoms with Gasteiger partial charge in [0, 0.05) is 39.0 Å². The van der Waals surface area contributed by atoms with Crippen LogP contribution in [-0.2, 0) is 35.8 Å². The van der Waals surface area contributed by atoms with Crippen LogP contribution < -0.4 is 0 Å². The summed E-state index contributed by atoms with van der Waals surface area (Å²) in [5.41, 5.74) is 0. The third-order valence-electron chi connectivity index (χ3n) is 0.605. The van der Waals surface area contributed by atoms with Gasteiger partial charge in [-0.3, -0.25) is 9.59 Å². The van der Waals surface area contributed by atoms with E-state index in [1.165, 1.54) is 0 Å². The summed E-state index contributed by atoms with van der Waals surface area (Å²) in [5, 5.41) is 15.4. The van der Waals surface area contributed by atoms with E-state index in [0.29, 0.717) is 0 Å². The molecule has 0 bridgehead atoms. The Labute approximate surface area is 90.2 Å². The Morgan fingerprint density at radius 3 is 1.08 bits per heavy atom. The number of rotatable bonds is 2. The minimum atomic E-state index is -0.745. The molecule has 0 aromatic heterocycles. The van der Waals surface area contributed by atoms with Gasteiger partial charge in [-0.05, 0) is 0 Å². The summed E-state index contributed by atoms with van der Waals surface area (Å²) >= 11 is 0. The van der Waals surface area contributed by atoms with Gasteiger partial charge in [0.2, 0.25) is 0 Å². The van der Waals surface area contributed by atoms with Gasteiger partial charge in [-0.25, -0.2) is 0 Å². The van der Waals surface area contributed by atoms with Crippen LogP contribution in [0.4, 0.5) is 0 Å². The largest absolute Gasteiger partial charge is 0.481 e. The van der Waals surface area contributed by atoms with Crippen LogP contribution in [0.5, 0.6) is 0 Å². The maximum absolute atomic E-state index is 9.37. The van der Waals surface area contributed by atoms with E-state index in [4.69, 9.17) is 10.2 Å². The fourth-order valence-corrected chi connectivity index (χ4v) is 0. The van der Waals surface area contributed by atoms with Crippen molar-refractivity contribution >= 4 is 11.9 Å². The van der Waals surface area contributed by atoms with Crippen molar-refractivity contribution in [3.8, 4) is 0 Å². The van der Waals surface area contributed by atoms with E-state index in [9.17, 15) is 9.59 Å². The zero-order valence-corrected chi connectivity index (χ0v) is 9.58. The van der Waals surface area contributed by atoms with Crippen LogP contribution in [0.25, 0.3) is 0 Å². The van der Waals surface area contributed by atoms with Crippen molar-refractivity contribution < 1.29 is 51.5 Å². The topological polar surface area (TPSA) is 106 Å². The average molecular weight is 257 g/mol. The minimum Gasteiger partial charge on any atom is -0.481 e. The van der Waals surface area contributed by atoms with Crippen molar-refractivity contribution in [3.63, 3.8) is 0 Å². The van der Waals surface area contributed by atoms with E-state index >= 15 is 0 Å². The van der Waals surface area contributed by atoms with E-state index < -0.39 is 11.9 Å². The van der Waals surface area contributed by atoms with Crippen molar-refractivity contribution in [2.45, 2.75) is 26.7 Å². The van der Waals surface area contributed by atoms with Crippen molar-refractivity contribution in [2.75, 3.05) is 0 Å². The minimum absolute atomic E-state index is 0. The van der Waals surface area contributed by atoms with Gasteiger partial charge in [0.05, 0.1) is 0 Å². The first-order valence-corrected chi connectivity index (χ1v) is 2.98. The second-order valence-electron chi connectivity index (χ2n) is 1.49. The summed E-state index contributed by atoms with van der Waals surface area (Å²) in [4.78, 5) is 18.7. The van der Waals surface area contributed by atoms with E-state index in [1.54, 1.807) is 13.8 Å². The summed E-state index contributed by atoms with van der Waals surface area (Å²) in [6, 6.07) is 0. The Hall–Kier alpha value is -0.217. The van der Waals surface area contributed by atoms with Crippen LogP contribution in [0.3, 0.4) is 0 Å². The van der Waals surface area contributed by atoms with Crippen molar-refractivity contribution in [1.82, 2.24) is 0 Å². The molecule has 12 heavy (non-hydrogen) atoms. The summed E-state index contributed by atoms with van der Waals surface area (Å²) in [7, 11) is 0. The van der Waals surface area contributed by atoms with Gasteiger partial charge in [0.15, 0.2) is 0 Å². The summed E-state index contributed by atoms with van der Waals surface area (Å²) in [6.45, 7) is 3.20. The normalized spacial score (nSPS) is 6.17. The molecule has 0 amide bonds. The van der Waals surface area contributed by atoms with Gasteiger partial charge in [0.1, 0.15) is 0 Å². The zero-order valence-electron chi connectivity index (χ0n) is 7.13. The van der Waals surface area contributed by atoms with Crippen LogP contribution in [0.15, 0.2) is 0 Å². The number of carbonyl (C=O) groups is 2. The van der Waals surface area contributed by atoms with Crippen LogP contribution in [0.2, 0.25) is 0 Å². The number of hydrogen-bond acceptors (Lipinski definition) is 2. The maximum Gasteiger partial charge on any atom is 0.303 e. The predicted molar refractivity (Wildman–Crippen MR) is 39.5 cm³/mol. The third kappa shape index (κ3) is 52.7. The summed E-state index contributed by atoms with van der Waals surface area (Å²) < 4.78 is 0. The first-order chi connectivity index (χ1) is 4.54. The number of hydrogen-bond donors (Lipinski definition) is 2. The maximum atomic E-state index is 9.37. The molecule has 5 nitrogen and oxygen atoms in total. The van der Waals surface area contributed by atoms with Gasteiger partial charge in [-0.1, -0.05) is 13.8 Å². The molecule has 0 aliphatic carbocycles. The van der Waals surface area contributed by atoms with Crippen LogP contribution in [-0.4, -0.2) is 27.6 Å². The Kier molecular flexibility index (Phi) is 32.1. The molecule has 0 aromatic carbocycles. The fourth-order valence-electron chi connectivity index (χ4n) is 0. The third-order valence-corrected chi connectivity index (χ3v) is 0.605. The second-order valence-corrected chi connectivity index (χ2v) is 1.49. The second kappa shape index (κ2) is 17.0. The summed E-state index contributed by atoms with van der Waals surface area (Å²) in [6.07, 6.45) is 0.444. The molecular formula is C6H14O5Zr. The van der Waals surface area contributed by atoms with Gasteiger partial charge < -0.3 is 15.7 Å². The molecule has 0 heterocycles. The number of carboxylic acids is 2. The number of aliphatic carboxylic acids is 2. The Morgan fingerprint density at radius 1 is 1.00 bits per heavy atom. The molecule has 6 heteroatoms. The molecule has 0 unspecified atom stereocenters. The van der Waals surface area contributed by atoms with Gasteiger partial charge in [-0.15, -0.1) is 0 Å². The Bertz CT molecular complexity index is 101. The zero-order chi connectivity index (χ0) is 8.57. The monoisotopic (exact) mass is 256 g/mol. The van der Waals surface area contributed by atoms with Crippen LogP contribution in [0.1, 0.15) is 26.7 Å².